The fraction of sp³-hybridized carbons (Fsp3) is 0.464. The highest BCUT2D eigenvalue weighted by molar-refractivity contribution is 6.04. The predicted molar refractivity (Wildman–Crippen MR) is 134 cm³/mol. The molecule has 0 N–H and O–H groups in total. The topological polar surface area (TPSA) is 62.2 Å². The number of carbonyl (C=O) groups is 2. The third-order valence-electron chi connectivity index (χ3n) is 6.93. The number of esters is 1. The average Bonchev–Trinajstić information content (AvgIpc) is 3.26. The van der Waals surface area contributed by atoms with Gasteiger partial charge in [-0.05, 0) is 69.8 Å². The van der Waals surface area contributed by atoms with E-state index in [1.807, 2.05) is 24.0 Å². The van der Waals surface area contributed by atoms with Gasteiger partial charge >= 0.3 is 5.97 Å². The predicted octanol–water partition coefficient (Wildman–Crippen LogP) is 4.71. The summed E-state index contributed by atoms with van der Waals surface area (Å²) >= 11 is 0. The van der Waals surface area contributed by atoms with Crippen LogP contribution in [0.5, 0.6) is 0 Å². The van der Waals surface area contributed by atoms with E-state index in [1.54, 1.807) is 5.01 Å². The van der Waals surface area contributed by atoms with Crippen LogP contribution in [0.15, 0.2) is 47.6 Å². The fourth-order valence-electron chi connectivity index (χ4n) is 5.08. The van der Waals surface area contributed by atoms with Gasteiger partial charge in [-0.1, -0.05) is 48.4 Å². The van der Waals surface area contributed by atoms with Crippen molar-refractivity contribution in [2.45, 2.75) is 65.5 Å². The molecule has 2 aliphatic rings. The molecule has 0 saturated carbocycles. The zero-order valence-corrected chi connectivity index (χ0v) is 20.7. The Bertz CT molecular complexity index is 1090. The number of likely N-dealkylation sites (tertiary alicyclic amines) is 1. The summed E-state index contributed by atoms with van der Waals surface area (Å²) in [6.07, 6.45) is 3.34. The normalized spacial score (nSPS) is 20.8. The highest BCUT2D eigenvalue weighted by Gasteiger charge is 2.37. The van der Waals surface area contributed by atoms with Gasteiger partial charge in [0.15, 0.2) is 0 Å². The summed E-state index contributed by atoms with van der Waals surface area (Å²) in [5.41, 5.74) is 6.61. The number of carbonyl (C=O) groups excluding carboxylic acids is 2. The van der Waals surface area contributed by atoms with E-state index >= 15 is 0 Å². The summed E-state index contributed by atoms with van der Waals surface area (Å²) < 4.78 is 5.29. The van der Waals surface area contributed by atoms with E-state index in [-0.39, 0.29) is 30.5 Å². The Hall–Kier alpha value is -2.99. The van der Waals surface area contributed by atoms with E-state index in [9.17, 15) is 9.59 Å². The van der Waals surface area contributed by atoms with E-state index in [1.165, 1.54) is 5.56 Å². The molecule has 180 valence electrons. The summed E-state index contributed by atoms with van der Waals surface area (Å²) in [5, 5.41) is 6.55. The molecule has 4 rings (SSSR count). The van der Waals surface area contributed by atoms with Crippen LogP contribution in [-0.4, -0.2) is 53.2 Å². The van der Waals surface area contributed by atoms with Gasteiger partial charge in [-0.3, -0.25) is 14.5 Å². The molecule has 2 aromatic carbocycles. The summed E-state index contributed by atoms with van der Waals surface area (Å²) in [7, 11) is 0. The molecule has 2 heterocycles. The lowest BCUT2D eigenvalue weighted by Crippen LogP contribution is -2.49. The Labute approximate surface area is 202 Å². The number of aryl methyl sites for hydroxylation is 3. The molecule has 2 aromatic rings. The van der Waals surface area contributed by atoms with Crippen LogP contribution in [0.4, 0.5) is 0 Å². The van der Waals surface area contributed by atoms with Crippen LogP contribution >= 0.6 is 0 Å². The number of piperidine rings is 1. The SMILES string of the molecule is CCOC(=O)[C@@H]1CCCCN1CC(=O)N1N=C(c2cc(C)ccc2C)C[C@@H]1c1ccccc1C. The largest absolute Gasteiger partial charge is 0.465 e. The van der Waals surface area contributed by atoms with E-state index in [4.69, 9.17) is 9.84 Å². The van der Waals surface area contributed by atoms with Crippen molar-refractivity contribution in [2.75, 3.05) is 19.7 Å². The van der Waals surface area contributed by atoms with Crippen LogP contribution in [0.1, 0.15) is 66.5 Å². The number of nitrogens with zero attached hydrogens (tertiary/aromatic N) is 3. The maximum Gasteiger partial charge on any atom is 0.323 e. The quantitative estimate of drug-likeness (QED) is 0.585. The van der Waals surface area contributed by atoms with Crippen LogP contribution in [-0.2, 0) is 14.3 Å². The number of benzene rings is 2. The van der Waals surface area contributed by atoms with Crippen molar-refractivity contribution in [2.24, 2.45) is 5.10 Å². The second-order valence-electron chi connectivity index (χ2n) is 9.41. The first-order chi connectivity index (χ1) is 16.4. The summed E-state index contributed by atoms with van der Waals surface area (Å²) in [4.78, 5) is 28.2. The molecule has 6 heteroatoms. The van der Waals surface area contributed by atoms with Crippen molar-refractivity contribution in [3.05, 3.63) is 70.3 Å². The molecule has 1 amide bonds. The summed E-state index contributed by atoms with van der Waals surface area (Å²) in [6, 6.07) is 14.0. The molecular formula is C28H35N3O3. The number of hydrogen-bond acceptors (Lipinski definition) is 5. The lowest BCUT2D eigenvalue weighted by Gasteiger charge is -2.34. The standard InChI is InChI=1S/C28H35N3O3/c1-5-34-28(33)25-12-8-9-15-30(25)18-27(32)31-26(22-11-7-6-10-20(22)3)17-24(29-31)23-16-19(2)13-14-21(23)4/h6-7,10-11,13-14,16,25-26H,5,8-9,12,15,17-18H2,1-4H3/t25-,26+/m0/s1. The average molecular weight is 462 g/mol. The monoisotopic (exact) mass is 461 g/mol. The second-order valence-corrected chi connectivity index (χ2v) is 9.41. The lowest BCUT2D eigenvalue weighted by atomic mass is 9.93. The minimum absolute atomic E-state index is 0.0789. The van der Waals surface area contributed by atoms with E-state index in [2.05, 4.69) is 51.1 Å². The molecule has 1 saturated heterocycles. The maximum absolute atomic E-state index is 13.7. The smallest absolute Gasteiger partial charge is 0.323 e. The zero-order chi connectivity index (χ0) is 24.2. The molecule has 0 unspecified atom stereocenters. The van der Waals surface area contributed by atoms with Crippen LogP contribution < -0.4 is 0 Å². The molecule has 0 aliphatic carbocycles. The first-order valence-electron chi connectivity index (χ1n) is 12.3. The minimum Gasteiger partial charge on any atom is -0.465 e. The Morgan fingerprint density at radius 2 is 1.85 bits per heavy atom. The molecule has 0 bridgehead atoms. The van der Waals surface area contributed by atoms with Crippen molar-refractivity contribution in [1.82, 2.24) is 9.91 Å². The maximum atomic E-state index is 13.7. The van der Waals surface area contributed by atoms with Gasteiger partial charge in [-0.25, -0.2) is 5.01 Å². The molecular weight excluding hydrogens is 426 g/mol. The summed E-state index contributed by atoms with van der Waals surface area (Å²) in [5.74, 6) is -0.309. The van der Waals surface area contributed by atoms with Crippen LogP contribution in [0, 0.1) is 20.8 Å². The number of hydrazone groups is 1. The first kappa shape index (κ1) is 24.1. The van der Waals surface area contributed by atoms with Crippen LogP contribution in [0.25, 0.3) is 0 Å². The molecule has 2 atom stereocenters. The Balaban J connectivity index is 1.64. The minimum atomic E-state index is -0.361. The molecule has 0 aromatic heterocycles. The van der Waals surface area contributed by atoms with E-state index in [0.29, 0.717) is 19.6 Å². The van der Waals surface area contributed by atoms with Gasteiger partial charge < -0.3 is 4.74 Å². The van der Waals surface area contributed by atoms with Crippen molar-refractivity contribution in [3.8, 4) is 0 Å². The van der Waals surface area contributed by atoms with Crippen LogP contribution in [0.2, 0.25) is 0 Å². The van der Waals surface area contributed by atoms with Gasteiger partial charge in [0.1, 0.15) is 6.04 Å². The van der Waals surface area contributed by atoms with Gasteiger partial charge in [0.2, 0.25) is 0 Å². The van der Waals surface area contributed by atoms with E-state index < -0.39 is 0 Å². The Morgan fingerprint density at radius 1 is 1.06 bits per heavy atom. The second kappa shape index (κ2) is 10.5. The number of hydrogen-bond donors (Lipinski definition) is 0. The molecule has 6 nitrogen and oxygen atoms in total. The van der Waals surface area contributed by atoms with Crippen molar-refractivity contribution < 1.29 is 14.3 Å². The van der Waals surface area contributed by atoms with Gasteiger partial charge in [-0.2, -0.15) is 5.10 Å². The van der Waals surface area contributed by atoms with Crippen molar-refractivity contribution in [1.29, 1.82) is 0 Å². The first-order valence-corrected chi connectivity index (χ1v) is 12.3. The highest BCUT2D eigenvalue weighted by atomic mass is 16.5. The molecule has 2 aliphatic heterocycles. The van der Waals surface area contributed by atoms with Crippen molar-refractivity contribution >= 4 is 17.6 Å². The van der Waals surface area contributed by atoms with Gasteiger partial charge in [0, 0.05) is 12.0 Å². The van der Waals surface area contributed by atoms with Gasteiger partial charge in [0.25, 0.3) is 5.91 Å². The van der Waals surface area contributed by atoms with Gasteiger partial charge in [-0.15, -0.1) is 0 Å². The Morgan fingerprint density at radius 3 is 2.62 bits per heavy atom. The molecule has 1 fully saturated rings. The van der Waals surface area contributed by atoms with Gasteiger partial charge in [0.05, 0.1) is 24.9 Å². The van der Waals surface area contributed by atoms with E-state index in [0.717, 1.165) is 47.2 Å². The third kappa shape index (κ3) is 5.07. The third-order valence-corrected chi connectivity index (χ3v) is 6.93. The number of amides is 1. The van der Waals surface area contributed by atoms with Crippen molar-refractivity contribution in [3.63, 3.8) is 0 Å². The molecule has 0 radical (unpaired) electrons. The highest BCUT2D eigenvalue weighted by Crippen LogP contribution is 2.35. The summed E-state index contributed by atoms with van der Waals surface area (Å²) in [6.45, 7) is 9.28. The molecule has 0 spiro atoms. The lowest BCUT2D eigenvalue weighted by molar-refractivity contribution is -0.152. The number of rotatable bonds is 6. The fourth-order valence-corrected chi connectivity index (χ4v) is 5.08. The number of ether oxygens (including phenoxy) is 1. The zero-order valence-electron chi connectivity index (χ0n) is 20.7. The Kier molecular flexibility index (Phi) is 7.47. The molecule has 34 heavy (non-hydrogen) atoms. The van der Waals surface area contributed by atoms with Crippen LogP contribution in [0.3, 0.4) is 0 Å².